The molecule has 1 atom stereocenters. The summed E-state index contributed by atoms with van der Waals surface area (Å²) in [5.41, 5.74) is -0.394. The molecule has 2 aliphatic rings. The first kappa shape index (κ1) is 13.3. The minimum absolute atomic E-state index is 0.394. The molecule has 0 aromatic carbocycles. The van der Waals surface area contributed by atoms with E-state index in [2.05, 4.69) is 17.3 Å². The summed E-state index contributed by atoms with van der Waals surface area (Å²) in [6.07, 6.45) is 8.36. The highest BCUT2D eigenvalue weighted by molar-refractivity contribution is 4.85. The molecule has 3 heteroatoms. The van der Waals surface area contributed by atoms with Gasteiger partial charge in [-0.15, -0.1) is 0 Å². The van der Waals surface area contributed by atoms with Crippen molar-refractivity contribution < 1.29 is 5.11 Å². The van der Waals surface area contributed by atoms with Crippen molar-refractivity contribution in [2.75, 3.05) is 33.2 Å². The topological polar surface area (TPSA) is 35.5 Å². The monoisotopic (exact) mass is 240 g/mol. The van der Waals surface area contributed by atoms with E-state index in [0.29, 0.717) is 0 Å². The van der Waals surface area contributed by atoms with Gasteiger partial charge in [0.15, 0.2) is 0 Å². The Labute approximate surface area is 106 Å². The molecule has 1 saturated carbocycles. The summed E-state index contributed by atoms with van der Waals surface area (Å²) in [7, 11) is 2.17. The van der Waals surface area contributed by atoms with E-state index in [1.54, 1.807) is 0 Å². The summed E-state index contributed by atoms with van der Waals surface area (Å²) in [5.74, 6) is 0.779. The molecule has 1 unspecified atom stereocenters. The second kappa shape index (κ2) is 6.17. The van der Waals surface area contributed by atoms with Gasteiger partial charge in [-0.3, -0.25) is 0 Å². The van der Waals surface area contributed by atoms with Crippen LogP contribution in [0, 0.1) is 5.92 Å². The van der Waals surface area contributed by atoms with Crippen molar-refractivity contribution in [2.45, 2.75) is 50.5 Å². The second-order valence-corrected chi connectivity index (χ2v) is 6.19. The average molecular weight is 240 g/mol. The second-order valence-electron chi connectivity index (χ2n) is 6.19. The summed E-state index contributed by atoms with van der Waals surface area (Å²) in [6, 6.07) is 0. The average Bonchev–Trinajstić information content (AvgIpc) is 2.30. The first-order valence-electron chi connectivity index (χ1n) is 7.30. The number of nitrogens with zero attached hydrogens (tertiary/aromatic N) is 1. The third kappa shape index (κ3) is 4.23. The predicted octanol–water partition coefficient (Wildman–Crippen LogP) is 1.61. The summed E-state index contributed by atoms with van der Waals surface area (Å²) in [5, 5.41) is 14.0. The maximum atomic E-state index is 10.5. The molecular formula is C14H28N2O. The molecule has 1 heterocycles. The van der Waals surface area contributed by atoms with Gasteiger partial charge in [0, 0.05) is 13.1 Å². The zero-order chi connectivity index (χ0) is 12.1. The Hall–Kier alpha value is -0.120. The Balaban J connectivity index is 1.73. The van der Waals surface area contributed by atoms with Gasteiger partial charge in [0.1, 0.15) is 0 Å². The van der Waals surface area contributed by atoms with E-state index in [0.717, 1.165) is 38.4 Å². The van der Waals surface area contributed by atoms with Crippen molar-refractivity contribution in [3.63, 3.8) is 0 Å². The normalized spacial score (nSPS) is 29.5. The van der Waals surface area contributed by atoms with Gasteiger partial charge in [0.2, 0.25) is 0 Å². The van der Waals surface area contributed by atoms with Crippen molar-refractivity contribution in [1.82, 2.24) is 10.2 Å². The predicted molar refractivity (Wildman–Crippen MR) is 71.1 cm³/mol. The molecule has 0 amide bonds. The zero-order valence-electron chi connectivity index (χ0n) is 11.2. The van der Waals surface area contributed by atoms with Gasteiger partial charge in [-0.25, -0.2) is 0 Å². The molecule has 2 rings (SSSR count). The maximum Gasteiger partial charge on any atom is 0.0774 e. The number of aliphatic hydroxyl groups is 1. The summed E-state index contributed by atoms with van der Waals surface area (Å²) >= 11 is 0. The number of piperidine rings is 1. The first-order valence-corrected chi connectivity index (χ1v) is 7.30. The molecule has 0 aromatic rings. The lowest BCUT2D eigenvalue weighted by Gasteiger charge is -2.37. The van der Waals surface area contributed by atoms with Crippen molar-refractivity contribution in [2.24, 2.45) is 5.92 Å². The highest BCUT2D eigenvalue weighted by Gasteiger charge is 2.30. The van der Waals surface area contributed by atoms with Crippen LogP contribution < -0.4 is 5.32 Å². The highest BCUT2D eigenvalue weighted by atomic mass is 16.3. The van der Waals surface area contributed by atoms with Gasteiger partial charge in [-0.05, 0) is 51.7 Å². The van der Waals surface area contributed by atoms with Gasteiger partial charge < -0.3 is 15.3 Å². The number of hydrogen-bond acceptors (Lipinski definition) is 3. The van der Waals surface area contributed by atoms with Crippen molar-refractivity contribution in [3.8, 4) is 0 Å². The molecule has 2 fully saturated rings. The largest absolute Gasteiger partial charge is 0.389 e. The first-order chi connectivity index (χ1) is 8.18. The summed E-state index contributed by atoms with van der Waals surface area (Å²) in [6.45, 7) is 4.34. The number of nitrogens with one attached hydrogen (secondary N) is 1. The number of hydrogen-bond donors (Lipinski definition) is 2. The van der Waals surface area contributed by atoms with Crippen molar-refractivity contribution >= 4 is 0 Å². The summed E-state index contributed by atoms with van der Waals surface area (Å²) in [4.78, 5) is 2.35. The van der Waals surface area contributed by atoms with Crippen LogP contribution in [0.4, 0.5) is 0 Å². The SMILES string of the molecule is CN(CC1CCCNC1)CC1(O)CCCCC1. The molecule has 1 aliphatic heterocycles. The molecule has 17 heavy (non-hydrogen) atoms. The molecule has 1 saturated heterocycles. The molecule has 0 radical (unpaired) electrons. The van der Waals surface area contributed by atoms with E-state index in [9.17, 15) is 5.11 Å². The molecule has 3 nitrogen and oxygen atoms in total. The Morgan fingerprint density at radius 3 is 2.65 bits per heavy atom. The Kier molecular flexibility index (Phi) is 4.83. The zero-order valence-corrected chi connectivity index (χ0v) is 11.2. The van der Waals surface area contributed by atoms with Crippen LogP contribution in [-0.2, 0) is 0 Å². The molecule has 1 aliphatic carbocycles. The van der Waals surface area contributed by atoms with Crippen molar-refractivity contribution in [1.29, 1.82) is 0 Å². The van der Waals surface area contributed by atoms with Crippen LogP contribution in [0.5, 0.6) is 0 Å². The number of rotatable bonds is 4. The smallest absolute Gasteiger partial charge is 0.0774 e. The van der Waals surface area contributed by atoms with Crippen LogP contribution in [0.25, 0.3) is 0 Å². The van der Waals surface area contributed by atoms with Gasteiger partial charge in [-0.2, -0.15) is 0 Å². The molecule has 100 valence electrons. The van der Waals surface area contributed by atoms with E-state index in [-0.39, 0.29) is 0 Å². The summed E-state index contributed by atoms with van der Waals surface area (Å²) < 4.78 is 0. The molecule has 0 spiro atoms. The van der Waals surface area contributed by atoms with Gasteiger partial charge in [0.25, 0.3) is 0 Å². The Morgan fingerprint density at radius 2 is 2.00 bits per heavy atom. The Bertz CT molecular complexity index is 220. The van der Waals surface area contributed by atoms with E-state index >= 15 is 0 Å². The number of likely N-dealkylation sites (N-methyl/N-ethyl adjacent to an activating group) is 1. The maximum absolute atomic E-state index is 10.5. The van der Waals surface area contributed by atoms with Crippen LogP contribution in [0.2, 0.25) is 0 Å². The van der Waals surface area contributed by atoms with Crippen LogP contribution in [0.15, 0.2) is 0 Å². The van der Waals surface area contributed by atoms with E-state index in [1.807, 2.05) is 0 Å². The molecule has 2 N–H and O–H groups in total. The molecule has 0 aromatic heterocycles. The van der Waals surface area contributed by atoms with Gasteiger partial charge >= 0.3 is 0 Å². The van der Waals surface area contributed by atoms with Crippen LogP contribution in [0.1, 0.15) is 44.9 Å². The van der Waals surface area contributed by atoms with Gasteiger partial charge in [0.05, 0.1) is 5.60 Å². The standard InChI is InChI=1S/C14H28N2O/c1-16(11-13-6-5-9-15-10-13)12-14(17)7-3-2-4-8-14/h13,15,17H,2-12H2,1H3. The van der Waals surface area contributed by atoms with Crippen LogP contribution in [-0.4, -0.2) is 48.8 Å². The third-order valence-corrected chi connectivity index (χ3v) is 4.32. The van der Waals surface area contributed by atoms with Gasteiger partial charge in [-0.1, -0.05) is 19.3 Å². The van der Waals surface area contributed by atoms with Crippen LogP contribution >= 0.6 is 0 Å². The Morgan fingerprint density at radius 1 is 1.24 bits per heavy atom. The fourth-order valence-electron chi connectivity index (χ4n) is 3.46. The fraction of sp³-hybridized carbons (Fsp3) is 1.00. The minimum Gasteiger partial charge on any atom is -0.389 e. The van der Waals surface area contributed by atoms with Crippen LogP contribution in [0.3, 0.4) is 0 Å². The lowest BCUT2D eigenvalue weighted by Crippen LogP contribution is -2.45. The fourth-order valence-corrected chi connectivity index (χ4v) is 3.46. The molecular weight excluding hydrogens is 212 g/mol. The van der Waals surface area contributed by atoms with E-state index in [4.69, 9.17) is 0 Å². The highest BCUT2D eigenvalue weighted by Crippen LogP contribution is 2.28. The lowest BCUT2D eigenvalue weighted by atomic mass is 9.84. The quantitative estimate of drug-likeness (QED) is 0.784. The lowest BCUT2D eigenvalue weighted by molar-refractivity contribution is -0.0238. The minimum atomic E-state index is -0.394. The van der Waals surface area contributed by atoms with E-state index in [1.165, 1.54) is 38.6 Å². The molecule has 0 bridgehead atoms. The van der Waals surface area contributed by atoms with Crippen molar-refractivity contribution in [3.05, 3.63) is 0 Å². The third-order valence-electron chi connectivity index (χ3n) is 4.32. The van der Waals surface area contributed by atoms with E-state index < -0.39 is 5.60 Å².